The van der Waals surface area contributed by atoms with Crippen molar-refractivity contribution in [3.05, 3.63) is 69.9 Å². The zero-order valence-electron chi connectivity index (χ0n) is 11.2. The molecular formula is C16H12BrF2NO. The Morgan fingerprint density at radius 3 is 2.62 bits per heavy atom. The van der Waals surface area contributed by atoms with E-state index in [1.807, 2.05) is 24.3 Å². The fourth-order valence-corrected chi connectivity index (χ4v) is 2.84. The van der Waals surface area contributed by atoms with E-state index < -0.39 is 17.7 Å². The summed E-state index contributed by atoms with van der Waals surface area (Å²) in [5.74, 6) is -0.628. The Hall–Kier alpha value is -1.72. The van der Waals surface area contributed by atoms with E-state index in [-0.39, 0.29) is 0 Å². The first kappa shape index (κ1) is 14.2. The van der Waals surface area contributed by atoms with Crippen molar-refractivity contribution in [3.63, 3.8) is 0 Å². The summed E-state index contributed by atoms with van der Waals surface area (Å²) in [5, 5.41) is 3.92. The molecule has 0 aliphatic heterocycles. The van der Waals surface area contributed by atoms with Crippen LogP contribution in [0.15, 0.2) is 51.4 Å². The van der Waals surface area contributed by atoms with Crippen molar-refractivity contribution < 1.29 is 13.2 Å². The average Bonchev–Trinajstić information content (AvgIpc) is 2.87. The van der Waals surface area contributed by atoms with Crippen LogP contribution in [0.5, 0.6) is 0 Å². The zero-order valence-corrected chi connectivity index (χ0v) is 12.7. The summed E-state index contributed by atoms with van der Waals surface area (Å²) in [7, 11) is 1.70. The molecule has 1 heterocycles. The van der Waals surface area contributed by atoms with Gasteiger partial charge in [-0.2, -0.15) is 0 Å². The molecule has 0 fully saturated rings. The fourth-order valence-electron chi connectivity index (χ4n) is 2.38. The summed E-state index contributed by atoms with van der Waals surface area (Å²) in [6, 6.07) is 10.6. The Kier molecular flexibility index (Phi) is 3.78. The third kappa shape index (κ3) is 2.59. The minimum absolute atomic E-state index is 0.342. The summed E-state index contributed by atoms with van der Waals surface area (Å²) in [6.07, 6.45) is 0. The van der Waals surface area contributed by atoms with Crippen LogP contribution in [-0.2, 0) is 0 Å². The first-order valence-corrected chi connectivity index (χ1v) is 7.19. The SMILES string of the molecule is CNC(c1cc2cccc(Br)c2o1)c1ccc(F)cc1F. The fraction of sp³-hybridized carbons (Fsp3) is 0.125. The number of rotatable bonds is 3. The highest BCUT2D eigenvalue weighted by Gasteiger charge is 2.21. The van der Waals surface area contributed by atoms with Gasteiger partial charge in [-0.1, -0.05) is 18.2 Å². The van der Waals surface area contributed by atoms with Crippen molar-refractivity contribution in [2.75, 3.05) is 7.05 Å². The van der Waals surface area contributed by atoms with Gasteiger partial charge in [-0.3, -0.25) is 0 Å². The van der Waals surface area contributed by atoms with Crippen molar-refractivity contribution in [1.82, 2.24) is 5.32 Å². The van der Waals surface area contributed by atoms with Gasteiger partial charge in [0, 0.05) is 17.0 Å². The summed E-state index contributed by atoms with van der Waals surface area (Å²) < 4.78 is 33.7. The van der Waals surface area contributed by atoms with E-state index in [1.165, 1.54) is 12.1 Å². The summed E-state index contributed by atoms with van der Waals surface area (Å²) >= 11 is 3.42. The van der Waals surface area contributed by atoms with Gasteiger partial charge in [0.2, 0.25) is 0 Å². The van der Waals surface area contributed by atoms with Crippen LogP contribution in [0.1, 0.15) is 17.4 Å². The van der Waals surface area contributed by atoms with Crippen LogP contribution in [0.4, 0.5) is 8.78 Å². The maximum Gasteiger partial charge on any atom is 0.148 e. The van der Waals surface area contributed by atoms with Crippen molar-refractivity contribution in [2.45, 2.75) is 6.04 Å². The molecule has 2 aromatic carbocycles. The van der Waals surface area contributed by atoms with Crippen LogP contribution in [-0.4, -0.2) is 7.05 Å². The van der Waals surface area contributed by atoms with Gasteiger partial charge in [0.25, 0.3) is 0 Å². The standard InChI is InChI=1S/C16H12BrF2NO/c1-20-15(11-6-5-10(18)8-13(11)19)14-7-9-3-2-4-12(17)16(9)21-14/h2-8,15,20H,1H3. The lowest BCUT2D eigenvalue weighted by Crippen LogP contribution is -2.18. The molecule has 0 aliphatic carbocycles. The highest BCUT2D eigenvalue weighted by atomic mass is 79.9. The molecule has 0 saturated heterocycles. The molecule has 1 aromatic heterocycles. The molecule has 108 valence electrons. The highest BCUT2D eigenvalue weighted by Crippen LogP contribution is 2.32. The molecule has 0 spiro atoms. The van der Waals surface area contributed by atoms with E-state index in [2.05, 4.69) is 21.2 Å². The first-order chi connectivity index (χ1) is 10.1. The van der Waals surface area contributed by atoms with Crippen LogP contribution in [0.25, 0.3) is 11.0 Å². The second-order valence-electron chi connectivity index (χ2n) is 4.69. The van der Waals surface area contributed by atoms with E-state index in [0.29, 0.717) is 16.9 Å². The van der Waals surface area contributed by atoms with E-state index in [0.717, 1.165) is 15.9 Å². The van der Waals surface area contributed by atoms with Crippen molar-refractivity contribution in [1.29, 1.82) is 0 Å². The average molecular weight is 352 g/mol. The molecule has 0 radical (unpaired) electrons. The molecular weight excluding hydrogens is 340 g/mol. The number of halogens is 3. The number of hydrogen-bond donors (Lipinski definition) is 1. The summed E-state index contributed by atoms with van der Waals surface area (Å²) in [6.45, 7) is 0. The van der Waals surface area contributed by atoms with Crippen LogP contribution >= 0.6 is 15.9 Å². The molecule has 1 unspecified atom stereocenters. The molecule has 0 saturated carbocycles. The molecule has 0 aliphatic rings. The second kappa shape index (κ2) is 5.58. The zero-order chi connectivity index (χ0) is 15.0. The van der Waals surface area contributed by atoms with Gasteiger partial charge >= 0.3 is 0 Å². The lowest BCUT2D eigenvalue weighted by atomic mass is 10.0. The second-order valence-corrected chi connectivity index (χ2v) is 5.55. The third-order valence-corrected chi connectivity index (χ3v) is 3.99. The molecule has 1 atom stereocenters. The normalized spacial score (nSPS) is 12.8. The van der Waals surface area contributed by atoms with Gasteiger partial charge in [0.1, 0.15) is 23.0 Å². The molecule has 2 nitrogen and oxygen atoms in total. The minimum atomic E-state index is -0.603. The predicted molar refractivity (Wildman–Crippen MR) is 81.2 cm³/mol. The Labute approximate surface area is 128 Å². The number of nitrogens with one attached hydrogen (secondary N) is 1. The van der Waals surface area contributed by atoms with Crippen LogP contribution < -0.4 is 5.32 Å². The van der Waals surface area contributed by atoms with Crippen molar-refractivity contribution in [2.24, 2.45) is 0 Å². The lowest BCUT2D eigenvalue weighted by Gasteiger charge is -2.14. The van der Waals surface area contributed by atoms with Crippen LogP contribution in [0.3, 0.4) is 0 Å². The topological polar surface area (TPSA) is 25.2 Å². The van der Waals surface area contributed by atoms with Crippen LogP contribution in [0, 0.1) is 11.6 Å². The van der Waals surface area contributed by atoms with Gasteiger partial charge in [-0.05, 0) is 41.2 Å². The molecule has 1 N–H and O–H groups in total. The Morgan fingerprint density at radius 2 is 1.95 bits per heavy atom. The van der Waals surface area contributed by atoms with Gasteiger partial charge in [-0.25, -0.2) is 8.78 Å². The summed E-state index contributed by atoms with van der Waals surface area (Å²) in [4.78, 5) is 0. The third-order valence-electron chi connectivity index (χ3n) is 3.36. The highest BCUT2D eigenvalue weighted by molar-refractivity contribution is 9.10. The molecule has 0 bridgehead atoms. The Balaban J connectivity index is 2.11. The number of benzene rings is 2. The molecule has 0 amide bonds. The molecule has 3 aromatic rings. The quantitative estimate of drug-likeness (QED) is 0.734. The van der Waals surface area contributed by atoms with Gasteiger partial charge in [0.05, 0.1) is 10.5 Å². The van der Waals surface area contributed by atoms with E-state index in [4.69, 9.17) is 4.42 Å². The largest absolute Gasteiger partial charge is 0.458 e. The Bertz CT molecular complexity index is 800. The predicted octanol–water partition coefficient (Wildman–Crippen LogP) is 4.78. The molecule has 5 heteroatoms. The van der Waals surface area contributed by atoms with Gasteiger partial charge in [-0.15, -0.1) is 0 Å². The van der Waals surface area contributed by atoms with Gasteiger partial charge in [0.15, 0.2) is 0 Å². The van der Waals surface area contributed by atoms with Crippen LogP contribution in [0.2, 0.25) is 0 Å². The minimum Gasteiger partial charge on any atom is -0.458 e. The van der Waals surface area contributed by atoms with E-state index >= 15 is 0 Å². The monoisotopic (exact) mass is 351 g/mol. The maximum absolute atomic E-state index is 14.0. The number of fused-ring (bicyclic) bond motifs is 1. The van der Waals surface area contributed by atoms with Crippen molar-refractivity contribution >= 4 is 26.9 Å². The van der Waals surface area contributed by atoms with Crippen molar-refractivity contribution in [3.8, 4) is 0 Å². The summed E-state index contributed by atoms with van der Waals surface area (Å²) in [5.41, 5.74) is 1.05. The number of hydrogen-bond acceptors (Lipinski definition) is 2. The first-order valence-electron chi connectivity index (χ1n) is 6.40. The number of para-hydroxylation sites is 1. The lowest BCUT2D eigenvalue weighted by molar-refractivity contribution is 0.473. The van der Waals surface area contributed by atoms with Gasteiger partial charge < -0.3 is 9.73 Å². The van der Waals surface area contributed by atoms with E-state index in [9.17, 15) is 8.78 Å². The molecule has 21 heavy (non-hydrogen) atoms. The molecule has 3 rings (SSSR count). The maximum atomic E-state index is 14.0. The smallest absolute Gasteiger partial charge is 0.148 e. The Morgan fingerprint density at radius 1 is 1.14 bits per heavy atom. The van der Waals surface area contributed by atoms with E-state index in [1.54, 1.807) is 7.05 Å². The number of furan rings is 1.